The van der Waals surface area contributed by atoms with Gasteiger partial charge >= 0.3 is 0 Å². The van der Waals surface area contributed by atoms with Crippen molar-refractivity contribution in [3.05, 3.63) is 152 Å². The molecule has 0 aliphatic carbocycles. The Morgan fingerprint density at radius 1 is 0.419 bits per heavy atom. The van der Waals surface area contributed by atoms with Crippen molar-refractivity contribution >= 4 is 54.3 Å². The summed E-state index contributed by atoms with van der Waals surface area (Å²) in [4.78, 5) is 5.08. The molecular weight excluding hydrogens is 522 g/mol. The third-order valence-corrected chi connectivity index (χ3v) is 8.69. The standard InChI is InChI=1S/C41H25NO/c1-2-11-26(12-3-1)39-30-15-6-8-17-32(30)40(33-18-9-7-16-31(33)39)29-21-22-36(42-25-29)34-19-10-20-37-41(34)35-23-27-13-4-5-14-28(27)24-38(35)43-37/h1-25H. The summed E-state index contributed by atoms with van der Waals surface area (Å²) in [6, 6.07) is 51.6. The van der Waals surface area contributed by atoms with Crippen LogP contribution in [0.25, 0.3) is 87.8 Å². The number of fused-ring (bicyclic) bond motifs is 6. The molecule has 200 valence electrons. The van der Waals surface area contributed by atoms with Gasteiger partial charge in [-0.3, -0.25) is 4.98 Å². The Labute approximate surface area is 248 Å². The molecule has 0 amide bonds. The Hall–Kier alpha value is -5.73. The van der Waals surface area contributed by atoms with Crippen molar-refractivity contribution in [1.29, 1.82) is 0 Å². The average Bonchev–Trinajstić information content (AvgIpc) is 3.44. The van der Waals surface area contributed by atoms with Crippen LogP contribution in [0.4, 0.5) is 0 Å². The number of benzene rings is 7. The molecular formula is C41H25NO. The van der Waals surface area contributed by atoms with Crippen LogP contribution in [0.3, 0.4) is 0 Å². The van der Waals surface area contributed by atoms with Crippen molar-refractivity contribution in [2.24, 2.45) is 0 Å². The molecule has 0 unspecified atom stereocenters. The van der Waals surface area contributed by atoms with E-state index in [0.717, 1.165) is 38.8 Å². The maximum Gasteiger partial charge on any atom is 0.136 e. The van der Waals surface area contributed by atoms with Gasteiger partial charge in [0.05, 0.1) is 5.69 Å². The Bertz CT molecular complexity index is 2430. The largest absolute Gasteiger partial charge is 0.456 e. The fraction of sp³-hybridized carbons (Fsp3) is 0. The van der Waals surface area contributed by atoms with Gasteiger partial charge in [0.2, 0.25) is 0 Å². The third-order valence-electron chi connectivity index (χ3n) is 8.69. The average molecular weight is 548 g/mol. The minimum atomic E-state index is 0.877. The Balaban J connectivity index is 1.25. The number of aromatic nitrogens is 1. The van der Waals surface area contributed by atoms with Crippen LogP contribution >= 0.6 is 0 Å². The van der Waals surface area contributed by atoms with Crippen molar-refractivity contribution in [2.45, 2.75) is 0 Å². The molecule has 9 rings (SSSR count). The van der Waals surface area contributed by atoms with E-state index in [0.29, 0.717) is 0 Å². The molecule has 0 radical (unpaired) electrons. The summed E-state index contributed by atoms with van der Waals surface area (Å²) in [5, 5.41) is 9.54. The normalized spacial score (nSPS) is 11.7. The number of furan rings is 1. The van der Waals surface area contributed by atoms with Gasteiger partial charge in [0.25, 0.3) is 0 Å². The Morgan fingerprint density at radius 3 is 1.67 bits per heavy atom. The zero-order valence-electron chi connectivity index (χ0n) is 23.3. The first-order chi connectivity index (χ1) is 21.3. The van der Waals surface area contributed by atoms with Crippen LogP contribution in [0.1, 0.15) is 0 Å². The summed E-state index contributed by atoms with van der Waals surface area (Å²) in [6.07, 6.45) is 2.03. The van der Waals surface area contributed by atoms with Crippen molar-refractivity contribution in [3.63, 3.8) is 0 Å². The maximum absolute atomic E-state index is 6.33. The van der Waals surface area contributed by atoms with Gasteiger partial charge < -0.3 is 4.42 Å². The summed E-state index contributed by atoms with van der Waals surface area (Å²) >= 11 is 0. The monoisotopic (exact) mass is 547 g/mol. The first-order valence-corrected chi connectivity index (χ1v) is 14.6. The lowest BCUT2D eigenvalue weighted by molar-refractivity contribution is 0.669. The second-order valence-electron chi connectivity index (χ2n) is 11.1. The molecule has 2 heteroatoms. The van der Waals surface area contributed by atoms with Gasteiger partial charge in [0, 0.05) is 28.1 Å². The van der Waals surface area contributed by atoms with Gasteiger partial charge in [-0.15, -0.1) is 0 Å². The lowest BCUT2D eigenvalue weighted by Gasteiger charge is -2.17. The van der Waals surface area contributed by atoms with Crippen LogP contribution in [0.2, 0.25) is 0 Å². The highest BCUT2D eigenvalue weighted by atomic mass is 16.3. The molecule has 43 heavy (non-hydrogen) atoms. The summed E-state index contributed by atoms with van der Waals surface area (Å²) in [7, 11) is 0. The number of pyridine rings is 1. The zero-order chi connectivity index (χ0) is 28.3. The Morgan fingerprint density at radius 2 is 1.02 bits per heavy atom. The van der Waals surface area contributed by atoms with Crippen LogP contribution in [0, 0.1) is 0 Å². The molecule has 0 N–H and O–H groups in total. The van der Waals surface area contributed by atoms with Gasteiger partial charge in [-0.2, -0.15) is 0 Å². The molecule has 0 atom stereocenters. The minimum absolute atomic E-state index is 0.877. The SMILES string of the molecule is c1ccc(-c2c3ccccc3c(-c3ccc(-c4cccc5oc6cc7ccccc7cc6c45)nc3)c3ccccc23)cc1. The molecule has 0 aliphatic rings. The second kappa shape index (κ2) is 9.40. The molecule has 2 aromatic heterocycles. The molecule has 7 aromatic carbocycles. The molecule has 0 saturated carbocycles. The quantitative estimate of drug-likeness (QED) is 0.206. The van der Waals surface area contributed by atoms with Crippen LogP contribution in [0.5, 0.6) is 0 Å². The van der Waals surface area contributed by atoms with Crippen LogP contribution in [-0.2, 0) is 0 Å². The van der Waals surface area contributed by atoms with E-state index in [1.54, 1.807) is 0 Å². The first kappa shape index (κ1) is 23.9. The van der Waals surface area contributed by atoms with Gasteiger partial charge in [-0.25, -0.2) is 0 Å². The van der Waals surface area contributed by atoms with Crippen molar-refractivity contribution in [2.75, 3.05) is 0 Å². The first-order valence-electron chi connectivity index (χ1n) is 14.6. The molecule has 2 nitrogen and oxygen atoms in total. The van der Waals surface area contributed by atoms with Crippen LogP contribution in [0.15, 0.2) is 156 Å². The lowest BCUT2D eigenvalue weighted by Crippen LogP contribution is -1.92. The van der Waals surface area contributed by atoms with E-state index in [1.165, 1.54) is 49.0 Å². The number of hydrogen-bond donors (Lipinski definition) is 0. The molecule has 0 fully saturated rings. The summed E-state index contributed by atoms with van der Waals surface area (Å²) in [5.74, 6) is 0. The van der Waals surface area contributed by atoms with E-state index in [4.69, 9.17) is 9.40 Å². The summed E-state index contributed by atoms with van der Waals surface area (Å²) in [5.41, 5.74) is 8.59. The molecule has 2 heterocycles. The second-order valence-corrected chi connectivity index (χ2v) is 11.1. The van der Waals surface area contributed by atoms with Gasteiger partial charge in [0.1, 0.15) is 11.2 Å². The van der Waals surface area contributed by atoms with Crippen LogP contribution in [-0.4, -0.2) is 4.98 Å². The van der Waals surface area contributed by atoms with Crippen molar-refractivity contribution in [3.8, 4) is 33.5 Å². The van der Waals surface area contributed by atoms with E-state index in [1.807, 2.05) is 12.3 Å². The molecule has 9 aromatic rings. The van der Waals surface area contributed by atoms with E-state index in [-0.39, 0.29) is 0 Å². The fourth-order valence-electron chi connectivity index (χ4n) is 6.78. The smallest absolute Gasteiger partial charge is 0.136 e. The molecule has 0 bridgehead atoms. The van der Waals surface area contributed by atoms with Crippen LogP contribution < -0.4 is 0 Å². The van der Waals surface area contributed by atoms with Gasteiger partial charge in [-0.1, -0.05) is 121 Å². The molecule has 0 spiro atoms. The fourth-order valence-corrected chi connectivity index (χ4v) is 6.78. The zero-order valence-corrected chi connectivity index (χ0v) is 23.3. The number of rotatable bonds is 3. The minimum Gasteiger partial charge on any atom is -0.456 e. The van der Waals surface area contributed by atoms with Crippen molar-refractivity contribution in [1.82, 2.24) is 4.98 Å². The van der Waals surface area contributed by atoms with Gasteiger partial charge in [0.15, 0.2) is 0 Å². The van der Waals surface area contributed by atoms with E-state index in [2.05, 4.69) is 140 Å². The molecule has 0 aliphatic heterocycles. The summed E-state index contributed by atoms with van der Waals surface area (Å²) in [6.45, 7) is 0. The summed E-state index contributed by atoms with van der Waals surface area (Å²) < 4.78 is 6.33. The van der Waals surface area contributed by atoms with E-state index in [9.17, 15) is 0 Å². The highest BCUT2D eigenvalue weighted by molar-refractivity contribution is 6.21. The predicted octanol–water partition coefficient (Wildman–Crippen LogP) is 11.4. The van der Waals surface area contributed by atoms with Crippen molar-refractivity contribution < 1.29 is 4.42 Å². The molecule has 0 saturated heterocycles. The van der Waals surface area contributed by atoms with E-state index >= 15 is 0 Å². The Kier molecular flexibility index (Phi) is 5.23. The number of hydrogen-bond acceptors (Lipinski definition) is 2. The number of nitrogens with zero attached hydrogens (tertiary/aromatic N) is 1. The highest BCUT2D eigenvalue weighted by Crippen LogP contribution is 2.44. The predicted molar refractivity (Wildman–Crippen MR) is 180 cm³/mol. The topological polar surface area (TPSA) is 26.0 Å². The maximum atomic E-state index is 6.33. The van der Waals surface area contributed by atoms with Gasteiger partial charge in [-0.05, 0) is 73.3 Å². The third kappa shape index (κ3) is 3.70. The lowest BCUT2D eigenvalue weighted by atomic mass is 9.86. The van der Waals surface area contributed by atoms with E-state index < -0.39 is 0 Å². The highest BCUT2D eigenvalue weighted by Gasteiger charge is 2.18.